The predicted molar refractivity (Wildman–Crippen MR) is 101 cm³/mol. The number of carbonyl (C=O) groups excluding carboxylic acids is 1. The average Bonchev–Trinajstić information content (AvgIpc) is 2.68. The van der Waals surface area contributed by atoms with Gasteiger partial charge in [0.05, 0.1) is 0 Å². The highest BCUT2D eigenvalue weighted by Gasteiger charge is 2.20. The number of hydrogen-bond acceptors (Lipinski definition) is 5. The molecule has 0 radical (unpaired) electrons. The minimum Gasteiger partial charge on any atom is -0.501 e. The third kappa shape index (κ3) is 3.72. The standard InChI is InChI=1S/C20H20N4O3/c1-12-4-5-14(10-13(12)2)11-22-19(26)16-17(25)20(27)24(3)18(23-16)15-6-8-21-9-7-15/h4-10,25H,11H2,1-3H3,(H,22,26). The Bertz CT molecular complexity index is 1060. The molecule has 0 atom stereocenters. The van der Waals surface area contributed by atoms with Crippen LogP contribution in [-0.2, 0) is 13.6 Å². The first-order chi connectivity index (χ1) is 12.9. The van der Waals surface area contributed by atoms with Gasteiger partial charge in [0.25, 0.3) is 11.5 Å². The summed E-state index contributed by atoms with van der Waals surface area (Å²) >= 11 is 0. The van der Waals surface area contributed by atoms with Crippen LogP contribution in [0.3, 0.4) is 0 Å². The van der Waals surface area contributed by atoms with E-state index in [2.05, 4.69) is 15.3 Å². The molecule has 0 unspecified atom stereocenters. The van der Waals surface area contributed by atoms with Crippen LogP contribution >= 0.6 is 0 Å². The molecule has 1 aromatic carbocycles. The van der Waals surface area contributed by atoms with Gasteiger partial charge < -0.3 is 10.4 Å². The topological polar surface area (TPSA) is 97.1 Å². The van der Waals surface area contributed by atoms with Crippen LogP contribution < -0.4 is 10.9 Å². The molecule has 0 saturated heterocycles. The van der Waals surface area contributed by atoms with Crippen LogP contribution in [0.4, 0.5) is 0 Å². The molecule has 0 saturated carbocycles. The Kier molecular flexibility index (Phi) is 5.03. The van der Waals surface area contributed by atoms with Crippen LogP contribution in [0.5, 0.6) is 5.75 Å². The fourth-order valence-electron chi connectivity index (χ4n) is 2.69. The van der Waals surface area contributed by atoms with E-state index in [4.69, 9.17) is 0 Å². The third-order valence-corrected chi connectivity index (χ3v) is 4.44. The van der Waals surface area contributed by atoms with Gasteiger partial charge in [0, 0.05) is 31.5 Å². The van der Waals surface area contributed by atoms with E-state index in [1.807, 2.05) is 32.0 Å². The Hall–Kier alpha value is -3.48. The number of aromatic nitrogens is 3. The third-order valence-electron chi connectivity index (χ3n) is 4.44. The van der Waals surface area contributed by atoms with Crippen molar-refractivity contribution < 1.29 is 9.90 Å². The van der Waals surface area contributed by atoms with Crippen molar-refractivity contribution in [2.45, 2.75) is 20.4 Å². The maximum Gasteiger partial charge on any atom is 0.296 e. The SMILES string of the molecule is Cc1ccc(CNC(=O)c2nc(-c3ccncc3)n(C)c(=O)c2O)cc1C. The maximum absolute atomic E-state index is 12.5. The zero-order valence-electron chi connectivity index (χ0n) is 15.4. The highest BCUT2D eigenvalue weighted by Crippen LogP contribution is 2.18. The first-order valence-corrected chi connectivity index (χ1v) is 8.43. The molecule has 27 heavy (non-hydrogen) atoms. The van der Waals surface area contributed by atoms with Gasteiger partial charge in [-0.25, -0.2) is 4.98 Å². The Morgan fingerprint density at radius 2 is 1.85 bits per heavy atom. The zero-order chi connectivity index (χ0) is 19.6. The van der Waals surface area contributed by atoms with Crippen LogP contribution in [0.15, 0.2) is 47.5 Å². The molecule has 138 valence electrons. The van der Waals surface area contributed by atoms with Crippen molar-refractivity contribution in [1.29, 1.82) is 0 Å². The van der Waals surface area contributed by atoms with Gasteiger partial charge in [-0.1, -0.05) is 18.2 Å². The second-order valence-corrected chi connectivity index (χ2v) is 6.33. The molecule has 0 aliphatic heterocycles. The quantitative estimate of drug-likeness (QED) is 0.739. The molecule has 3 rings (SSSR count). The maximum atomic E-state index is 12.5. The Balaban J connectivity index is 1.91. The van der Waals surface area contributed by atoms with Crippen LogP contribution in [0.25, 0.3) is 11.4 Å². The lowest BCUT2D eigenvalue weighted by molar-refractivity contribution is 0.0942. The zero-order valence-corrected chi connectivity index (χ0v) is 15.4. The lowest BCUT2D eigenvalue weighted by atomic mass is 10.1. The highest BCUT2D eigenvalue weighted by atomic mass is 16.3. The summed E-state index contributed by atoms with van der Waals surface area (Å²) in [5.41, 5.74) is 2.84. The molecule has 2 aromatic heterocycles. The van der Waals surface area contributed by atoms with Gasteiger partial charge in [-0.2, -0.15) is 0 Å². The van der Waals surface area contributed by atoms with E-state index in [-0.39, 0.29) is 18.1 Å². The van der Waals surface area contributed by atoms with Crippen molar-refractivity contribution in [3.63, 3.8) is 0 Å². The number of nitrogens with zero attached hydrogens (tertiary/aromatic N) is 3. The number of amides is 1. The number of pyridine rings is 1. The monoisotopic (exact) mass is 364 g/mol. The second kappa shape index (κ2) is 7.41. The minimum atomic E-state index is -0.687. The van der Waals surface area contributed by atoms with Gasteiger partial charge in [0.1, 0.15) is 5.82 Å². The van der Waals surface area contributed by atoms with Crippen LogP contribution in [0, 0.1) is 13.8 Å². The van der Waals surface area contributed by atoms with Crippen molar-refractivity contribution in [2.75, 3.05) is 0 Å². The molecule has 0 spiro atoms. The molecule has 2 N–H and O–H groups in total. The van der Waals surface area contributed by atoms with E-state index in [0.717, 1.165) is 16.7 Å². The first-order valence-electron chi connectivity index (χ1n) is 8.43. The van der Waals surface area contributed by atoms with Crippen molar-refractivity contribution in [1.82, 2.24) is 19.9 Å². The lowest BCUT2D eigenvalue weighted by Gasteiger charge is -2.12. The van der Waals surface area contributed by atoms with E-state index >= 15 is 0 Å². The number of aromatic hydroxyl groups is 1. The van der Waals surface area contributed by atoms with Gasteiger partial charge in [-0.15, -0.1) is 0 Å². The van der Waals surface area contributed by atoms with Crippen LogP contribution in [0.1, 0.15) is 27.2 Å². The molecule has 0 bridgehead atoms. The molecule has 3 aromatic rings. The minimum absolute atomic E-state index is 0.265. The number of hydrogen-bond donors (Lipinski definition) is 2. The summed E-state index contributed by atoms with van der Waals surface area (Å²) in [7, 11) is 1.49. The van der Waals surface area contributed by atoms with E-state index in [1.54, 1.807) is 24.5 Å². The molecule has 7 nitrogen and oxygen atoms in total. The fourth-order valence-corrected chi connectivity index (χ4v) is 2.69. The van der Waals surface area contributed by atoms with Crippen molar-refractivity contribution in [2.24, 2.45) is 7.05 Å². The summed E-state index contributed by atoms with van der Waals surface area (Å²) in [4.78, 5) is 33.0. The van der Waals surface area contributed by atoms with Crippen molar-refractivity contribution in [3.05, 3.63) is 75.5 Å². The van der Waals surface area contributed by atoms with Gasteiger partial charge in [-0.3, -0.25) is 19.1 Å². The van der Waals surface area contributed by atoms with E-state index in [1.165, 1.54) is 11.6 Å². The summed E-state index contributed by atoms with van der Waals surface area (Å²) in [6.45, 7) is 4.27. The van der Waals surface area contributed by atoms with Gasteiger partial charge in [0.2, 0.25) is 5.75 Å². The number of rotatable bonds is 4. The summed E-state index contributed by atoms with van der Waals surface area (Å²) in [6, 6.07) is 9.23. The predicted octanol–water partition coefficient (Wildman–Crippen LogP) is 2.09. The molecular weight excluding hydrogens is 344 g/mol. The molecule has 2 heterocycles. The number of carbonyl (C=O) groups is 1. The van der Waals surface area contributed by atoms with Crippen LogP contribution in [0.2, 0.25) is 0 Å². The molecule has 0 aliphatic rings. The fraction of sp³-hybridized carbons (Fsp3) is 0.200. The van der Waals surface area contributed by atoms with Gasteiger partial charge in [0.15, 0.2) is 5.69 Å². The van der Waals surface area contributed by atoms with Gasteiger partial charge >= 0.3 is 0 Å². The molecule has 1 amide bonds. The lowest BCUT2D eigenvalue weighted by Crippen LogP contribution is -2.29. The average molecular weight is 364 g/mol. The number of nitrogens with one attached hydrogen (secondary N) is 1. The second-order valence-electron chi connectivity index (χ2n) is 6.33. The summed E-state index contributed by atoms with van der Waals surface area (Å²) in [6.07, 6.45) is 3.13. The molecule has 7 heteroatoms. The van der Waals surface area contributed by atoms with E-state index in [0.29, 0.717) is 5.56 Å². The Morgan fingerprint density at radius 3 is 2.52 bits per heavy atom. The Morgan fingerprint density at radius 1 is 1.15 bits per heavy atom. The van der Waals surface area contributed by atoms with Crippen molar-refractivity contribution in [3.8, 4) is 17.1 Å². The molecule has 0 fully saturated rings. The Labute approximate surface area is 156 Å². The highest BCUT2D eigenvalue weighted by molar-refractivity contribution is 5.95. The molecule has 0 aliphatic carbocycles. The first kappa shape index (κ1) is 18.3. The van der Waals surface area contributed by atoms with Gasteiger partial charge in [-0.05, 0) is 42.7 Å². The van der Waals surface area contributed by atoms with Crippen LogP contribution in [-0.4, -0.2) is 25.5 Å². The largest absolute Gasteiger partial charge is 0.501 e. The summed E-state index contributed by atoms with van der Waals surface area (Å²) < 4.78 is 1.20. The smallest absolute Gasteiger partial charge is 0.296 e. The number of benzene rings is 1. The van der Waals surface area contributed by atoms with E-state index in [9.17, 15) is 14.7 Å². The summed E-state index contributed by atoms with van der Waals surface area (Å²) in [5.74, 6) is -1.01. The molecular formula is C20H20N4O3. The van der Waals surface area contributed by atoms with Crippen molar-refractivity contribution >= 4 is 5.91 Å². The van der Waals surface area contributed by atoms with E-state index < -0.39 is 17.2 Å². The normalized spacial score (nSPS) is 10.6. The summed E-state index contributed by atoms with van der Waals surface area (Å²) in [5, 5.41) is 12.8. The number of aryl methyl sites for hydroxylation is 2.